The summed E-state index contributed by atoms with van der Waals surface area (Å²) in [5.41, 5.74) is 2.30. The first-order valence-corrected chi connectivity index (χ1v) is 8.70. The molecule has 1 saturated heterocycles. The van der Waals surface area contributed by atoms with Crippen LogP contribution in [0.2, 0.25) is 0 Å². The zero-order valence-electron chi connectivity index (χ0n) is 14.4. The van der Waals surface area contributed by atoms with Gasteiger partial charge in [0.05, 0.1) is 10.5 Å². The molecule has 4 rings (SSSR count). The number of non-ortho nitro benzene ring substituents is 1. The molecule has 1 aromatic carbocycles. The molecule has 1 fully saturated rings. The van der Waals surface area contributed by atoms with Crippen molar-refractivity contribution in [1.29, 1.82) is 0 Å². The molecule has 3 aromatic rings. The van der Waals surface area contributed by atoms with Crippen LogP contribution < -0.4 is 5.32 Å². The average molecular weight is 366 g/mol. The quantitative estimate of drug-likeness (QED) is 0.408. The maximum Gasteiger partial charge on any atom is 0.338 e. The summed E-state index contributed by atoms with van der Waals surface area (Å²) in [6, 6.07) is 9.60. The van der Waals surface area contributed by atoms with Crippen molar-refractivity contribution in [2.45, 2.75) is 25.0 Å². The first kappa shape index (κ1) is 17.2. The molecule has 8 nitrogen and oxygen atoms in total. The lowest BCUT2D eigenvalue weighted by atomic mass is 10.0. The van der Waals surface area contributed by atoms with Gasteiger partial charge in [0, 0.05) is 48.9 Å². The van der Waals surface area contributed by atoms with Crippen molar-refractivity contribution in [3.8, 4) is 0 Å². The highest BCUT2D eigenvalue weighted by atomic mass is 16.6. The van der Waals surface area contributed by atoms with E-state index in [0.717, 1.165) is 17.5 Å². The van der Waals surface area contributed by atoms with Crippen LogP contribution in [0.4, 0.5) is 5.69 Å². The number of rotatable bonds is 5. The molecule has 138 valence electrons. The molecule has 0 amide bonds. The van der Waals surface area contributed by atoms with Gasteiger partial charge >= 0.3 is 5.97 Å². The fraction of sp³-hybridized carbons (Fsp3) is 0.263. The van der Waals surface area contributed by atoms with E-state index in [2.05, 4.69) is 15.3 Å². The van der Waals surface area contributed by atoms with Gasteiger partial charge in [-0.05, 0) is 36.2 Å². The van der Waals surface area contributed by atoms with Crippen LogP contribution in [0.3, 0.4) is 0 Å². The number of aromatic nitrogens is 2. The smallest absolute Gasteiger partial charge is 0.338 e. The zero-order chi connectivity index (χ0) is 18.8. The van der Waals surface area contributed by atoms with Crippen molar-refractivity contribution >= 4 is 22.7 Å². The van der Waals surface area contributed by atoms with Crippen LogP contribution in [0.25, 0.3) is 11.0 Å². The number of hydrogen-bond donors (Lipinski definition) is 2. The summed E-state index contributed by atoms with van der Waals surface area (Å²) in [4.78, 5) is 29.9. The normalized spacial score (nSPS) is 19.3. The van der Waals surface area contributed by atoms with E-state index in [-0.39, 0.29) is 17.8 Å². The van der Waals surface area contributed by atoms with Gasteiger partial charge in [-0.25, -0.2) is 9.78 Å². The van der Waals surface area contributed by atoms with Crippen molar-refractivity contribution in [2.75, 3.05) is 6.54 Å². The van der Waals surface area contributed by atoms with E-state index >= 15 is 0 Å². The van der Waals surface area contributed by atoms with Crippen molar-refractivity contribution in [1.82, 2.24) is 15.3 Å². The predicted octanol–water partition coefficient (Wildman–Crippen LogP) is 2.60. The van der Waals surface area contributed by atoms with Gasteiger partial charge in [0.1, 0.15) is 11.8 Å². The molecule has 8 heteroatoms. The topological polar surface area (TPSA) is 110 Å². The van der Waals surface area contributed by atoms with E-state index < -0.39 is 10.9 Å². The number of nitro groups is 1. The predicted molar refractivity (Wildman–Crippen MR) is 98.5 cm³/mol. The summed E-state index contributed by atoms with van der Waals surface area (Å²) in [5, 5.41) is 15.2. The van der Waals surface area contributed by atoms with Gasteiger partial charge in [-0.15, -0.1) is 0 Å². The second-order valence-corrected chi connectivity index (χ2v) is 6.59. The first-order valence-electron chi connectivity index (χ1n) is 8.70. The summed E-state index contributed by atoms with van der Waals surface area (Å²) >= 11 is 0. The van der Waals surface area contributed by atoms with Gasteiger partial charge in [-0.3, -0.25) is 10.1 Å². The molecule has 27 heavy (non-hydrogen) atoms. The van der Waals surface area contributed by atoms with Crippen LogP contribution >= 0.6 is 0 Å². The number of carbonyl (C=O) groups excluding carboxylic acids is 1. The molecule has 2 unspecified atom stereocenters. The van der Waals surface area contributed by atoms with Gasteiger partial charge in [-0.2, -0.15) is 0 Å². The number of fused-ring (bicyclic) bond motifs is 1. The highest BCUT2D eigenvalue weighted by molar-refractivity contribution is 5.89. The number of nitro benzene ring substituents is 1. The van der Waals surface area contributed by atoms with E-state index in [1.807, 2.05) is 18.3 Å². The van der Waals surface area contributed by atoms with Gasteiger partial charge in [0.15, 0.2) is 0 Å². The third-order valence-electron chi connectivity index (χ3n) is 4.77. The van der Waals surface area contributed by atoms with Crippen molar-refractivity contribution in [2.24, 2.45) is 0 Å². The number of nitrogens with zero attached hydrogens (tertiary/aromatic N) is 2. The molecular weight excluding hydrogens is 348 g/mol. The Morgan fingerprint density at radius 2 is 2.11 bits per heavy atom. The Labute approximate surface area is 154 Å². The number of aromatic amines is 1. The first-order chi connectivity index (χ1) is 13.1. The molecule has 1 aliphatic heterocycles. The van der Waals surface area contributed by atoms with Crippen LogP contribution in [0.5, 0.6) is 0 Å². The SMILES string of the molecule is O=C(OC1CNC(Cc2c[nH]c3ncccc23)C1)c1ccc([N+](=O)[O-])cc1. The Morgan fingerprint density at radius 1 is 1.30 bits per heavy atom. The van der Waals surface area contributed by atoms with E-state index in [9.17, 15) is 14.9 Å². The number of ether oxygens (including phenoxy) is 1. The standard InChI is InChI=1S/C19H18N4O4/c24-19(12-3-5-15(6-4-12)23(25)26)27-16-9-14(21-11-16)8-13-10-22-18-17(13)2-1-7-20-18/h1-7,10,14,16,21H,8-9,11H2,(H,20,22). The minimum atomic E-state index is -0.499. The van der Waals surface area contributed by atoms with Gasteiger partial charge in [0.2, 0.25) is 0 Å². The lowest BCUT2D eigenvalue weighted by Gasteiger charge is -2.12. The minimum Gasteiger partial charge on any atom is -0.457 e. The largest absolute Gasteiger partial charge is 0.457 e. The second-order valence-electron chi connectivity index (χ2n) is 6.59. The molecule has 0 bridgehead atoms. The third kappa shape index (κ3) is 3.65. The molecular formula is C19H18N4O4. The molecule has 0 radical (unpaired) electrons. The number of carbonyl (C=O) groups is 1. The number of nitrogens with one attached hydrogen (secondary N) is 2. The fourth-order valence-electron chi connectivity index (χ4n) is 3.41. The van der Waals surface area contributed by atoms with Crippen molar-refractivity contribution in [3.63, 3.8) is 0 Å². The Balaban J connectivity index is 1.35. The van der Waals surface area contributed by atoms with Crippen LogP contribution in [0.1, 0.15) is 22.3 Å². The van der Waals surface area contributed by atoms with E-state index in [1.165, 1.54) is 29.8 Å². The van der Waals surface area contributed by atoms with Crippen LogP contribution in [-0.4, -0.2) is 39.6 Å². The molecule has 2 N–H and O–H groups in total. The van der Waals surface area contributed by atoms with Crippen LogP contribution in [-0.2, 0) is 11.2 Å². The Hall–Kier alpha value is -3.26. The van der Waals surface area contributed by atoms with Crippen LogP contribution in [0, 0.1) is 10.1 Å². The van der Waals surface area contributed by atoms with Crippen molar-refractivity contribution in [3.05, 3.63) is 70.0 Å². The molecule has 3 heterocycles. The minimum absolute atomic E-state index is 0.0534. The van der Waals surface area contributed by atoms with Gasteiger partial charge < -0.3 is 15.0 Å². The molecule has 2 atom stereocenters. The third-order valence-corrected chi connectivity index (χ3v) is 4.77. The number of hydrogen-bond acceptors (Lipinski definition) is 6. The molecule has 0 saturated carbocycles. The Bertz CT molecular complexity index is 983. The molecule has 0 spiro atoms. The number of H-pyrrole nitrogens is 1. The summed E-state index contributed by atoms with van der Waals surface area (Å²) < 4.78 is 5.54. The summed E-state index contributed by atoms with van der Waals surface area (Å²) in [7, 11) is 0. The highest BCUT2D eigenvalue weighted by Crippen LogP contribution is 2.22. The Morgan fingerprint density at radius 3 is 2.89 bits per heavy atom. The highest BCUT2D eigenvalue weighted by Gasteiger charge is 2.28. The summed E-state index contributed by atoms with van der Waals surface area (Å²) in [5.74, 6) is -0.464. The van der Waals surface area contributed by atoms with Crippen molar-refractivity contribution < 1.29 is 14.5 Å². The van der Waals surface area contributed by atoms with Crippen LogP contribution in [0.15, 0.2) is 48.8 Å². The molecule has 2 aromatic heterocycles. The zero-order valence-corrected chi connectivity index (χ0v) is 14.4. The van der Waals surface area contributed by atoms with E-state index in [4.69, 9.17) is 4.74 Å². The molecule has 1 aliphatic rings. The Kier molecular flexibility index (Phi) is 4.55. The maximum atomic E-state index is 12.2. The number of esters is 1. The molecule has 0 aliphatic carbocycles. The summed E-state index contributed by atoms with van der Waals surface area (Å²) in [6.07, 6.45) is 5.03. The van der Waals surface area contributed by atoms with Gasteiger partial charge in [-0.1, -0.05) is 0 Å². The lowest BCUT2D eigenvalue weighted by Crippen LogP contribution is -2.24. The average Bonchev–Trinajstić information content (AvgIpc) is 3.29. The summed E-state index contributed by atoms with van der Waals surface area (Å²) in [6.45, 7) is 0.587. The number of benzene rings is 1. The number of pyridine rings is 1. The maximum absolute atomic E-state index is 12.2. The fourth-order valence-corrected chi connectivity index (χ4v) is 3.41. The van der Waals surface area contributed by atoms with Gasteiger partial charge in [0.25, 0.3) is 5.69 Å². The second kappa shape index (κ2) is 7.16. The monoisotopic (exact) mass is 366 g/mol. The lowest BCUT2D eigenvalue weighted by molar-refractivity contribution is -0.384. The van der Waals surface area contributed by atoms with E-state index in [1.54, 1.807) is 6.20 Å². The van der Waals surface area contributed by atoms with E-state index in [0.29, 0.717) is 18.5 Å².